The van der Waals surface area contributed by atoms with E-state index in [4.69, 9.17) is 18.5 Å². The van der Waals surface area contributed by atoms with E-state index in [9.17, 15) is 14.3 Å². The predicted octanol–water partition coefficient (Wildman–Crippen LogP) is 13.9. The molecule has 0 saturated carbocycles. The zero-order chi connectivity index (χ0) is 42.0. The number of rotatable bonds is 43. The summed E-state index contributed by atoms with van der Waals surface area (Å²) in [5.41, 5.74) is 0. The van der Waals surface area contributed by atoms with Crippen LogP contribution in [0.2, 0.25) is 0 Å². The Labute approximate surface area is 352 Å². The molecule has 0 aliphatic rings. The third kappa shape index (κ3) is 45.4. The van der Waals surface area contributed by atoms with Crippen molar-refractivity contribution in [3.05, 3.63) is 48.6 Å². The second kappa shape index (κ2) is 41.2. The van der Waals surface area contributed by atoms with Gasteiger partial charge in [-0.1, -0.05) is 184 Å². The molecule has 0 spiro atoms. The molecular formula is C48H91NO7P+. The number of hydrogen-bond acceptors (Lipinski definition) is 6. The van der Waals surface area contributed by atoms with E-state index in [2.05, 4.69) is 62.5 Å². The van der Waals surface area contributed by atoms with Crippen LogP contribution in [0.25, 0.3) is 0 Å². The van der Waals surface area contributed by atoms with E-state index in [1.165, 1.54) is 103 Å². The van der Waals surface area contributed by atoms with Crippen LogP contribution in [0.1, 0.15) is 194 Å². The molecule has 334 valence electrons. The number of phosphoric ester groups is 1. The van der Waals surface area contributed by atoms with Crippen LogP contribution in [0.3, 0.4) is 0 Å². The summed E-state index contributed by atoms with van der Waals surface area (Å²) in [6.45, 7) is 5.48. The molecule has 2 unspecified atom stereocenters. The fraction of sp³-hybridized carbons (Fsp3) is 0.812. The van der Waals surface area contributed by atoms with Gasteiger partial charge in [0.2, 0.25) is 0 Å². The average molecular weight is 825 g/mol. The maximum Gasteiger partial charge on any atom is 0.472 e. The quantitative estimate of drug-likeness (QED) is 0.0215. The second-order valence-electron chi connectivity index (χ2n) is 16.8. The Balaban J connectivity index is 4.23. The number of carbonyl (C=O) groups excluding carboxylic acids is 1. The molecule has 2 atom stereocenters. The molecule has 0 rings (SSSR count). The first-order chi connectivity index (χ1) is 27.6. The van der Waals surface area contributed by atoms with E-state index in [1.54, 1.807) is 0 Å². The molecule has 0 aliphatic heterocycles. The molecule has 0 aromatic carbocycles. The summed E-state index contributed by atoms with van der Waals surface area (Å²) in [4.78, 5) is 22.9. The highest BCUT2D eigenvalue weighted by Gasteiger charge is 2.26. The van der Waals surface area contributed by atoms with Crippen molar-refractivity contribution in [1.29, 1.82) is 0 Å². The molecule has 0 radical (unpaired) electrons. The lowest BCUT2D eigenvalue weighted by molar-refractivity contribution is -0.870. The molecule has 0 aromatic rings. The number of allylic oxidation sites excluding steroid dienone is 8. The molecule has 0 fully saturated rings. The number of ether oxygens (including phenoxy) is 2. The molecule has 1 N–H and O–H groups in total. The topological polar surface area (TPSA) is 91.3 Å². The number of unbranched alkanes of at least 4 members (excludes halogenated alkanes) is 21. The second-order valence-corrected chi connectivity index (χ2v) is 18.2. The van der Waals surface area contributed by atoms with Gasteiger partial charge in [-0.2, -0.15) is 0 Å². The number of phosphoric acid groups is 1. The van der Waals surface area contributed by atoms with Gasteiger partial charge in [0.25, 0.3) is 0 Å². The Morgan fingerprint density at radius 1 is 0.561 bits per heavy atom. The van der Waals surface area contributed by atoms with Gasteiger partial charge in [0.1, 0.15) is 19.3 Å². The van der Waals surface area contributed by atoms with Crippen molar-refractivity contribution in [2.75, 3.05) is 54.1 Å². The van der Waals surface area contributed by atoms with Crippen molar-refractivity contribution in [3.63, 3.8) is 0 Å². The van der Waals surface area contributed by atoms with E-state index in [0.717, 1.165) is 70.6 Å². The lowest BCUT2D eigenvalue weighted by Crippen LogP contribution is -2.37. The summed E-state index contributed by atoms with van der Waals surface area (Å²) in [6, 6.07) is 0. The summed E-state index contributed by atoms with van der Waals surface area (Å²) in [5.74, 6) is -0.319. The minimum Gasteiger partial charge on any atom is -0.457 e. The molecule has 0 aromatic heterocycles. The van der Waals surface area contributed by atoms with Crippen molar-refractivity contribution in [1.82, 2.24) is 0 Å². The number of carbonyl (C=O) groups is 1. The normalized spacial score (nSPS) is 14.1. The number of likely N-dealkylation sites (N-methyl/N-ethyl adjacent to an activating group) is 1. The number of quaternary nitrogens is 1. The largest absolute Gasteiger partial charge is 0.472 e. The van der Waals surface area contributed by atoms with Crippen LogP contribution >= 0.6 is 7.82 Å². The highest BCUT2D eigenvalue weighted by atomic mass is 31.2. The molecule has 0 bridgehead atoms. The molecule has 0 heterocycles. The van der Waals surface area contributed by atoms with Crippen molar-refractivity contribution >= 4 is 13.8 Å². The van der Waals surface area contributed by atoms with Gasteiger partial charge >= 0.3 is 13.8 Å². The standard InChI is InChI=1S/C48H90NO7P/c1-6-8-10-12-14-16-18-20-22-24-26-28-30-32-34-36-38-40-43-53-45-47(46-55-57(51,52)54-44-42-49(3,4)5)56-48(50)41-39-37-35-33-31-29-27-25-23-21-19-17-15-13-11-9-7-2/h8,10,14,16,20,22,26,28,47H,6-7,9,11-13,15,17-19,21,23-25,27,29-46H2,1-5H3/p+1/b10-8-,16-14-,22-20-,28-26-. The van der Waals surface area contributed by atoms with Gasteiger partial charge < -0.3 is 18.9 Å². The van der Waals surface area contributed by atoms with Crippen molar-refractivity contribution in [2.45, 2.75) is 200 Å². The Hall–Kier alpha value is -1.54. The van der Waals surface area contributed by atoms with Crippen LogP contribution in [-0.2, 0) is 27.9 Å². The average Bonchev–Trinajstić information content (AvgIpc) is 3.16. The van der Waals surface area contributed by atoms with Gasteiger partial charge in [-0.15, -0.1) is 0 Å². The van der Waals surface area contributed by atoms with Crippen molar-refractivity contribution < 1.29 is 37.3 Å². The maximum atomic E-state index is 12.7. The van der Waals surface area contributed by atoms with Crippen LogP contribution in [0.5, 0.6) is 0 Å². The van der Waals surface area contributed by atoms with Gasteiger partial charge in [-0.25, -0.2) is 4.57 Å². The minimum atomic E-state index is -4.28. The van der Waals surface area contributed by atoms with Crippen LogP contribution in [0, 0.1) is 0 Å². The molecular weight excluding hydrogens is 734 g/mol. The number of esters is 1. The summed E-state index contributed by atoms with van der Waals surface area (Å²) >= 11 is 0. The molecule has 0 aliphatic carbocycles. The summed E-state index contributed by atoms with van der Waals surface area (Å²) in [5, 5.41) is 0. The zero-order valence-electron chi connectivity index (χ0n) is 37.8. The van der Waals surface area contributed by atoms with E-state index >= 15 is 0 Å². The predicted molar refractivity (Wildman–Crippen MR) is 243 cm³/mol. The van der Waals surface area contributed by atoms with E-state index < -0.39 is 13.9 Å². The van der Waals surface area contributed by atoms with Crippen LogP contribution in [0.15, 0.2) is 48.6 Å². The zero-order valence-corrected chi connectivity index (χ0v) is 38.7. The Morgan fingerprint density at radius 2 is 1.02 bits per heavy atom. The lowest BCUT2D eigenvalue weighted by Gasteiger charge is -2.24. The maximum absolute atomic E-state index is 12.7. The first-order valence-electron chi connectivity index (χ1n) is 23.4. The summed E-state index contributed by atoms with van der Waals surface area (Å²) in [7, 11) is 1.65. The van der Waals surface area contributed by atoms with Gasteiger partial charge in [0, 0.05) is 13.0 Å². The van der Waals surface area contributed by atoms with Crippen molar-refractivity contribution in [3.8, 4) is 0 Å². The van der Waals surface area contributed by atoms with Gasteiger partial charge in [0.05, 0.1) is 34.4 Å². The van der Waals surface area contributed by atoms with Crippen LogP contribution in [-0.4, -0.2) is 75.6 Å². The smallest absolute Gasteiger partial charge is 0.457 e. The lowest BCUT2D eigenvalue weighted by atomic mass is 10.0. The molecule has 8 nitrogen and oxygen atoms in total. The third-order valence-electron chi connectivity index (χ3n) is 9.90. The third-order valence-corrected chi connectivity index (χ3v) is 10.9. The Kier molecular flexibility index (Phi) is 40.1. The number of hydrogen-bond donors (Lipinski definition) is 1. The fourth-order valence-electron chi connectivity index (χ4n) is 6.31. The first kappa shape index (κ1) is 55.5. The Morgan fingerprint density at radius 3 is 1.53 bits per heavy atom. The fourth-order valence-corrected chi connectivity index (χ4v) is 7.05. The molecule has 57 heavy (non-hydrogen) atoms. The van der Waals surface area contributed by atoms with Gasteiger partial charge in [-0.05, 0) is 51.4 Å². The Bertz CT molecular complexity index is 1050. The molecule has 9 heteroatoms. The van der Waals surface area contributed by atoms with E-state index in [1.807, 2.05) is 21.1 Å². The summed E-state index contributed by atoms with van der Waals surface area (Å²) < 4.78 is 35.0. The first-order valence-corrected chi connectivity index (χ1v) is 24.9. The van der Waals surface area contributed by atoms with Crippen LogP contribution < -0.4 is 0 Å². The monoisotopic (exact) mass is 825 g/mol. The summed E-state index contributed by atoms with van der Waals surface area (Å²) in [6.07, 6.45) is 50.0. The SMILES string of the molecule is CC/C=C\C/C=C\C/C=C\C/C=C\CCCCCCCOCC(COP(=O)(O)OCC[N+](C)(C)C)OC(=O)CCCCCCCCCCCCCCCCCCC. The molecule has 0 saturated heterocycles. The molecule has 0 amide bonds. The number of nitrogens with zero attached hydrogens (tertiary/aromatic N) is 1. The highest BCUT2D eigenvalue weighted by Crippen LogP contribution is 2.43. The van der Waals surface area contributed by atoms with Crippen molar-refractivity contribution in [2.24, 2.45) is 0 Å². The highest BCUT2D eigenvalue weighted by molar-refractivity contribution is 7.47. The van der Waals surface area contributed by atoms with Crippen LogP contribution in [0.4, 0.5) is 0 Å². The van der Waals surface area contributed by atoms with E-state index in [0.29, 0.717) is 24.1 Å². The minimum absolute atomic E-state index is 0.0843. The van der Waals surface area contributed by atoms with Gasteiger partial charge in [-0.3, -0.25) is 13.8 Å². The van der Waals surface area contributed by atoms with E-state index in [-0.39, 0.29) is 25.8 Å². The van der Waals surface area contributed by atoms with Gasteiger partial charge in [0.15, 0.2) is 0 Å².